The number of alkyl halides is 3. The molecule has 3 atom stereocenters. The number of para-hydroxylation sites is 2. The predicted octanol–water partition coefficient (Wildman–Crippen LogP) is 5.47. The van der Waals surface area contributed by atoms with Crippen molar-refractivity contribution in [1.29, 1.82) is 0 Å². The maximum absolute atomic E-state index is 12.7. The molecule has 1 heterocycles. The van der Waals surface area contributed by atoms with E-state index in [0.29, 0.717) is 41.2 Å². The van der Waals surface area contributed by atoms with Crippen molar-refractivity contribution in [3.8, 4) is 0 Å². The minimum absolute atomic E-state index is 0.176. The number of carboxylic acids is 1. The number of nitrogens with one attached hydrogen (secondary N) is 2. The van der Waals surface area contributed by atoms with Gasteiger partial charge < -0.3 is 26.4 Å². The lowest BCUT2D eigenvalue weighted by Gasteiger charge is -2.32. The van der Waals surface area contributed by atoms with Gasteiger partial charge in [-0.15, -0.1) is 0 Å². The number of aliphatic carboxylic acids is 1. The minimum atomic E-state index is -5.08. The third-order valence-electron chi connectivity index (χ3n) is 7.87. The summed E-state index contributed by atoms with van der Waals surface area (Å²) in [6.45, 7) is 2.57. The third kappa shape index (κ3) is 9.57. The summed E-state index contributed by atoms with van der Waals surface area (Å²) in [5, 5.41) is 13.7. The van der Waals surface area contributed by atoms with Gasteiger partial charge in [-0.3, -0.25) is 9.59 Å². The second-order valence-electron chi connectivity index (χ2n) is 11.2. The molecule has 0 bridgehead atoms. The van der Waals surface area contributed by atoms with Gasteiger partial charge in [-0.05, 0) is 73.5 Å². The van der Waals surface area contributed by atoms with Crippen LogP contribution in [0.1, 0.15) is 53.1 Å². The second kappa shape index (κ2) is 14.9. The second-order valence-corrected chi connectivity index (χ2v) is 11.2. The van der Waals surface area contributed by atoms with Crippen LogP contribution in [-0.4, -0.2) is 59.6 Å². The van der Waals surface area contributed by atoms with Crippen LogP contribution in [0.4, 0.5) is 24.5 Å². The fraction of sp³-hybridized carbons (Fsp3) is 0.364. The molecule has 3 aromatic rings. The number of carbonyl (C=O) groups is 3. The molecule has 2 aliphatic rings. The number of benzene rings is 3. The zero-order valence-corrected chi connectivity index (χ0v) is 24.2. The maximum atomic E-state index is 12.7. The molecule has 0 radical (unpaired) electrons. The van der Waals surface area contributed by atoms with Crippen molar-refractivity contribution in [2.24, 2.45) is 5.92 Å². The lowest BCUT2D eigenvalue weighted by atomic mass is 9.95. The molecule has 3 unspecified atom stereocenters. The lowest BCUT2D eigenvalue weighted by Crippen LogP contribution is -2.42. The fourth-order valence-corrected chi connectivity index (χ4v) is 5.26. The molecule has 1 saturated carbocycles. The van der Waals surface area contributed by atoms with E-state index in [0.717, 1.165) is 38.9 Å². The summed E-state index contributed by atoms with van der Waals surface area (Å²) in [5.74, 6) is -1.59. The van der Waals surface area contributed by atoms with E-state index in [1.807, 2.05) is 41.3 Å². The number of hydrogen-bond acceptors (Lipinski definition) is 5. The van der Waals surface area contributed by atoms with Crippen molar-refractivity contribution < 1.29 is 32.7 Å². The van der Waals surface area contributed by atoms with Gasteiger partial charge in [-0.25, -0.2) is 4.79 Å². The van der Waals surface area contributed by atoms with Gasteiger partial charge in [-0.2, -0.15) is 13.2 Å². The van der Waals surface area contributed by atoms with E-state index in [1.165, 1.54) is 17.5 Å². The van der Waals surface area contributed by atoms with Gasteiger partial charge in [0.25, 0.3) is 5.91 Å². The molecule has 0 aromatic heterocycles. The Labute approximate surface area is 254 Å². The number of halogens is 3. The number of carboxylic acid groups (broad SMARTS) is 1. The highest BCUT2D eigenvalue weighted by atomic mass is 19.4. The monoisotopic (exact) mass is 610 g/mol. The van der Waals surface area contributed by atoms with Crippen LogP contribution in [0.25, 0.3) is 0 Å². The summed E-state index contributed by atoms with van der Waals surface area (Å²) < 4.78 is 31.7. The smallest absolute Gasteiger partial charge is 0.475 e. The number of aryl methyl sites for hydroxylation is 1. The van der Waals surface area contributed by atoms with Crippen LogP contribution >= 0.6 is 0 Å². The summed E-state index contributed by atoms with van der Waals surface area (Å²) in [7, 11) is 0. The Hall–Kier alpha value is -4.38. The van der Waals surface area contributed by atoms with Gasteiger partial charge in [0.15, 0.2) is 0 Å². The molecule has 234 valence electrons. The number of anilines is 2. The normalized spacial score (nSPS) is 19.5. The highest BCUT2D eigenvalue weighted by Gasteiger charge is 2.39. The molecule has 11 heteroatoms. The molecule has 2 fully saturated rings. The fourth-order valence-electron chi connectivity index (χ4n) is 5.26. The molecule has 1 saturated heterocycles. The Kier molecular flexibility index (Phi) is 11.0. The molecule has 44 heavy (non-hydrogen) atoms. The van der Waals surface area contributed by atoms with Gasteiger partial charge in [0.2, 0.25) is 5.91 Å². The van der Waals surface area contributed by atoms with Crippen LogP contribution in [0.15, 0.2) is 78.9 Å². The number of carbonyl (C=O) groups excluding carboxylic acids is 2. The van der Waals surface area contributed by atoms with E-state index < -0.39 is 12.1 Å². The zero-order valence-electron chi connectivity index (χ0n) is 24.2. The van der Waals surface area contributed by atoms with E-state index in [-0.39, 0.29) is 11.8 Å². The third-order valence-corrected chi connectivity index (χ3v) is 7.87. The van der Waals surface area contributed by atoms with Crippen LogP contribution in [0.5, 0.6) is 0 Å². The number of rotatable bonds is 10. The Morgan fingerprint density at radius 2 is 1.64 bits per heavy atom. The lowest BCUT2D eigenvalue weighted by molar-refractivity contribution is -0.192. The number of piperidine rings is 1. The number of nitrogens with zero attached hydrogens (tertiary/aromatic N) is 1. The van der Waals surface area contributed by atoms with Gasteiger partial charge in [0.05, 0.1) is 11.4 Å². The Morgan fingerprint density at radius 1 is 0.977 bits per heavy atom. The molecule has 3 aromatic carbocycles. The standard InChI is InChI=1S/C31H36N4O2.C2HF3O2/c32-27-10-4-5-11-28(27)34-31(37)25-14-12-22(13-15-25)7-6-17-35-18-16-23(19-30(35)36)21-33-29-20-26(29)24-8-2-1-3-9-24;3-2(4,5)1(6)7/h1-5,8-15,23,26,29,33H,6-7,16-21,32H2,(H,34,37);(H,6,7). The first-order valence-corrected chi connectivity index (χ1v) is 14.6. The highest BCUT2D eigenvalue weighted by molar-refractivity contribution is 6.05. The number of likely N-dealkylation sites (tertiary alicyclic amines) is 1. The first-order chi connectivity index (χ1) is 21.0. The van der Waals surface area contributed by atoms with Crippen LogP contribution in [0.2, 0.25) is 0 Å². The zero-order chi connectivity index (χ0) is 31.7. The maximum Gasteiger partial charge on any atom is 0.490 e. The largest absolute Gasteiger partial charge is 0.490 e. The van der Waals surface area contributed by atoms with E-state index in [4.69, 9.17) is 15.6 Å². The topological polar surface area (TPSA) is 125 Å². The van der Waals surface area contributed by atoms with Crippen molar-refractivity contribution in [2.45, 2.75) is 50.2 Å². The van der Waals surface area contributed by atoms with Crippen molar-refractivity contribution in [2.75, 3.05) is 30.7 Å². The van der Waals surface area contributed by atoms with Crippen LogP contribution in [0, 0.1) is 5.92 Å². The van der Waals surface area contributed by atoms with Gasteiger partial charge in [0, 0.05) is 37.0 Å². The van der Waals surface area contributed by atoms with Crippen molar-refractivity contribution in [3.63, 3.8) is 0 Å². The number of nitrogens with two attached hydrogens (primary N) is 1. The highest BCUT2D eigenvalue weighted by Crippen LogP contribution is 2.40. The van der Waals surface area contributed by atoms with Crippen LogP contribution in [-0.2, 0) is 16.0 Å². The number of amides is 2. The van der Waals surface area contributed by atoms with E-state index in [9.17, 15) is 22.8 Å². The summed E-state index contributed by atoms with van der Waals surface area (Å²) in [4.78, 5) is 36.2. The van der Waals surface area contributed by atoms with Crippen molar-refractivity contribution >= 4 is 29.2 Å². The summed E-state index contributed by atoms with van der Waals surface area (Å²) in [5.41, 5.74) is 10.3. The quantitative estimate of drug-likeness (QED) is 0.226. The van der Waals surface area contributed by atoms with E-state index in [2.05, 4.69) is 41.0 Å². The number of hydrogen-bond donors (Lipinski definition) is 4. The molecular formula is C33H37F3N4O4. The Balaban J connectivity index is 0.000000566. The van der Waals surface area contributed by atoms with Crippen LogP contribution in [0.3, 0.4) is 0 Å². The SMILES string of the molecule is Nc1ccccc1NC(=O)c1ccc(CCCN2CCC(CNC3CC3c3ccccc3)CC2=O)cc1.O=C(O)C(F)(F)F. The number of nitrogen functional groups attached to an aromatic ring is 1. The molecule has 1 aliphatic carbocycles. The van der Waals surface area contributed by atoms with Gasteiger partial charge >= 0.3 is 12.1 Å². The molecule has 5 rings (SSSR count). The Morgan fingerprint density at radius 3 is 2.27 bits per heavy atom. The summed E-state index contributed by atoms with van der Waals surface area (Å²) in [6.07, 6.45) is -0.376. The van der Waals surface area contributed by atoms with E-state index >= 15 is 0 Å². The summed E-state index contributed by atoms with van der Waals surface area (Å²) >= 11 is 0. The molecule has 8 nitrogen and oxygen atoms in total. The van der Waals surface area contributed by atoms with Gasteiger partial charge in [-0.1, -0.05) is 54.6 Å². The van der Waals surface area contributed by atoms with Crippen molar-refractivity contribution in [1.82, 2.24) is 10.2 Å². The molecular weight excluding hydrogens is 573 g/mol. The van der Waals surface area contributed by atoms with Crippen molar-refractivity contribution in [3.05, 3.63) is 95.6 Å². The Bertz CT molecular complexity index is 1420. The molecule has 0 spiro atoms. The predicted molar refractivity (Wildman–Crippen MR) is 162 cm³/mol. The van der Waals surface area contributed by atoms with Gasteiger partial charge in [0.1, 0.15) is 0 Å². The average Bonchev–Trinajstić information content (AvgIpc) is 3.79. The molecule has 5 N–H and O–H groups in total. The molecule has 1 aliphatic heterocycles. The van der Waals surface area contributed by atoms with E-state index in [1.54, 1.807) is 12.1 Å². The summed E-state index contributed by atoms with van der Waals surface area (Å²) in [6, 6.07) is 26.2. The average molecular weight is 611 g/mol. The first-order valence-electron chi connectivity index (χ1n) is 14.6. The molecule has 2 amide bonds. The first kappa shape index (κ1) is 32.5. The minimum Gasteiger partial charge on any atom is -0.475 e. The van der Waals surface area contributed by atoms with Crippen LogP contribution < -0.4 is 16.4 Å².